The van der Waals surface area contributed by atoms with Crippen LogP contribution in [-0.2, 0) is 16.6 Å². The van der Waals surface area contributed by atoms with E-state index in [0.29, 0.717) is 10.6 Å². The third-order valence-electron chi connectivity index (χ3n) is 3.65. The van der Waals surface area contributed by atoms with E-state index in [4.69, 9.17) is 16.1 Å². The molecule has 9 nitrogen and oxygen atoms in total. The van der Waals surface area contributed by atoms with E-state index in [1.807, 2.05) is 0 Å². The molecule has 3 rings (SSSR count). The van der Waals surface area contributed by atoms with Crippen LogP contribution in [0.3, 0.4) is 0 Å². The summed E-state index contributed by atoms with van der Waals surface area (Å²) in [5.74, 6) is 0.343. The number of nitro groups is 1. The molecule has 0 atom stereocenters. The maximum Gasteiger partial charge on any atom is 0.270 e. The summed E-state index contributed by atoms with van der Waals surface area (Å²) in [6, 6.07) is 11.6. The molecule has 0 fully saturated rings. The van der Waals surface area contributed by atoms with Gasteiger partial charge >= 0.3 is 0 Å². The smallest absolute Gasteiger partial charge is 0.270 e. The molecule has 0 aliphatic carbocycles. The quantitative estimate of drug-likeness (QED) is 0.454. The van der Waals surface area contributed by atoms with Crippen molar-refractivity contribution >= 4 is 27.3 Å². The molecule has 11 heteroatoms. The normalized spacial score (nSPS) is 11.7. The summed E-state index contributed by atoms with van der Waals surface area (Å²) < 4.78 is 31.3. The number of hydrogen-bond acceptors (Lipinski definition) is 7. The number of nitrogens with zero attached hydrogens (tertiary/aromatic N) is 4. The molecule has 0 radical (unpaired) electrons. The van der Waals surface area contributed by atoms with Gasteiger partial charge in [0, 0.05) is 29.8 Å². The van der Waals surface area contributed by atoms with E-state index in [0.717, 1.165) is 10.4 Å². The van der Waals surface area contributed by atoms with E-state index in [1.54, 1.807) is 24.3 Å². The van der Waals surface area contributed by atoms with Crippen LogP contribution in [0.5, 0.6) is 0 Å². The highest BCUT2D eigenvalue weighted by Crippen LogP contribution is 2.23. The molecule has 0 saturated heterocycles. The number of sulfonamides is 1. The summed E-state index contributed by atoms with van der Waals surface area (Å²) in [5, 5.41) is 15.2. The van der Waals surface area contributed by atoms with Crippen LogP contribution in [0.2, 0.25) is 5.02 Å². The van der Waals surface area contributed by atoms with Crippen molar-refractivity contribution < 1.29 is 17.9 Å². The highest BCUT2D eigenvalue weighted by molar-refractivity contribution is 7.89. The minimum absolute atomic E-state index is 0.0708. The van der Waals surface area contributed by atoms with Crippen molar-refractivity contribution in [3.05, 3.63) is 69.6 Å². The van der Waals surface area contributed by atoms with E-state index in [-0.39, 0.29) is 28.8 Å². The Morgan fingerprint density at radius 3 is 2.67 bits per heavy atom. The summed E-state index contributed by atoms with van der Waals surface area (Å²) in [6.45, 7) is -0.196. The number of rotatable bonds is 6. The molecule has 0 bridgehead atoms. The third kappa shape index (κ3) is 4.13. The van der Waals surface area contributed by atoms with Gasteiger partial charge < -0.3 is 4.52 Å². The van der Waals surface area contributed by atoms with Gasteiger partial charge in [-0.3, -0.25) is 10.1 Å². The summed E-state index contributed by atoms with van der Waals surface area (Å²) >= 11 is 5.93. The van der Waals surface area contributed by atoms with Crippen LogP contribution in [-0.4, -0.2) is 34.8 Å². The lowest BCUT2D eigenvalue weighted by atomic mass is 10.2. The number of hydrogen-bond donors (Lipinski definition) is 0. The van der Waals surface area contributed by atoms with Crippen molar-refractivity contribution in [2.75, 3.05) is 7.05 Å². The number of aromatic nitrogens is 2. The Bertz CT molecular complexity index is 1100. The first-order chi connectivity index (χ1) is 12.8. The van der Waals surface area contributed by atoms with Gasteiger partial charge in [0.15, 0.2) is 0 Å². The van der Waals surface area contributed by atoms with Gasteiger partial charge in [-0.15, -0.1) is 0 Å². The van der Waals surface area contributed by atoms with Gasteiger partial charge in [0.1, 0.15) is 0 Å². The summed E-state index contributed by atoms with van der Waals surface area (Å²) in [5.41, 5.74) is 0.312. The zero-order valence-electron chi connectivity index (χ0n) is 13.9. The molecular formula is C16H13ClN4O5S. The molecule has 0 aliphatic rings. The Kier molecular flexibility index (Phi) is 5.22. The number of benzene rings is 2. The fraction of sp³-hybridized carbons (Fsp3) is 0.125. The van der Waals surface area contributed by atoms with Crippen LogP contribution in [0, 0.1) is 10.1 Å². The van der Waals surface area contributed by atoms with Gasteiger partial charge in [0.05, 0.1) is 16.4 Å². The third-order valence-corrected chi connectivity index (χ3v) is 5.68. The fourth-order valence-electron chi connectivity index (χ4n) is 2.28. The van der Waals surface area contributed by atoms with Gasteiger partial charge in [-0.1, -0.05) is 35.0 Å². The fourth-order valence-corrected chi connectivity index (χ4v) is 3.63. The largest absolute Gasteiger partial charge is 0.338 e. The monoisotopic (exact) mass is 408 g/mol. The second-order valence-electron chi connectivity index (χ2n) is 5.54. The van der Waals surface area contributed by atoms with Crippen LogP contribution < -0.4 is 0 Å². The molecule has 0 aliphatic heterocycles. The minimum Gasteiger partial charge on any atom is -0.338 e. The summed E-state index contributed by atoms with van der Waals surface area (Å²) in [7, 11) is -2.66. The SMILES string of the molecule is CN(Cc1nc(-c2cccc(Cl)c2)no1)S(=O)(=O)c1cccc([N+](=O)[O-])c1. The predicted octanol–water partition coefficient (Wildman–Crippen LogP) is 3.12. The van der Waals surface area contributed by atoms with E-state index in [1.165, 1.54) is 25.2 Å². The Labute approximate surface area is 159 Å². The lowest BCUT2D eigenvalue weighted by molar-refractivity contribution is -0.385. The van der Waals surface area contributed by atoms with Gasteiger partial charge in [-0.25, -0.2) is 8.42 Å². The van der Waals surface area contributed by atoms with Crippen molar-refractivity contribution in [2.24, 2.45) is 0 Å². The topological polar surface area (TPSA) is 119 Å². The molecule has 0 saturated carbocycles. The van der Waals surface area contributed by atoms with Crippen LogP contribution in [0.1, 0.15) is 5.89 Å². The molecule has 1 heterocycles. The first kappa shape index (κ1) is 19.0. The standard InChI is InChI=1S/C16H13ClN4O5S/c1-20(27(24,25)14-7-3-6-13(9-14)21(22)23)10-15-18-16(19-26-15)11-4-2-5-12(17)8-11/h2-9H,10H2,1H3. The molecule has 0 amide bonds. The number of halogens is 1. The van der Waals surface area contributed by atoms with Crippen molar-refractivity contribution in [1.82, 2.24) is 14.4 Å². The van der Waals surface area contributed by atoms with Crippen LogP contribution in [0.4, 0.5) is 5.69 Å². The van der Waals surface area contributed by atoms with E-state index >= 15 is 0 Å². The van der Waals surface area contributed by atoms with Crippen LogP contribution in [0.15, 0.2) is 57.9 Å². The maximum absolute atomic E-state index is 12.6. The predicted molar refractivity (Wildman–Crippen MR) is 96.5 cm³/mol. The molecule has 1 aromatic heterocycles. The molecular weight excluding hydrogens is 396 g/mol. The minimum atomic E-state index is -3.98. The lowest BCUT2D eigenvalue weighted by Crippen LogP contribution is -2.26. The molecule has 3 aromatic rings. The van der Waals surface area contributed by atoms with Gasteiger partial charge in [-0.2, -0.15) is 9.29 Å². The molecule has 140 valence electrons. The lowest BCUT2D eigenvalue weighted by Gasteiger charge is -2.14. The van der Waals surface area contributed by atoms with E-state index in [9.17, 15) is 18.5 Å². The average Bonchev–Trinajstić information content (AvgIpc) is 3.10. The van der Waals surface area contributed by atoms with Crippen molar-refractivity contribution in [1.29, 1.82) is 0 Å². The molecule has 0 unspecified atom stereocenters. The zero-order valence-corrected chi connectivity index (χ0v) is 15.5. The Hall–Kier alpha value is -2.82. The molecule has 2 aromatic carbocycles. The first-order valence-corrected chi connectivity index (χ1v) is 9.38. The van der Waals surface area contributed by atoms with Gasteiger partial charge in [0.2, 0.25) is 21.7 Å². The number of nitro benzene ring substituents is 1. The van der Waals surface area contributed by atoms with Crippen LogP contribution >= 0.6 is 11.6 Å². The summed E-state index contributed by atoms with van der Waals surface area (Å²) in [4.78, 5) is 14.2. The Morgan fingerprint density at radius 2 is 1.96 bits per heavy atom. The Balaban J connectivity index is 1.82. The zero-order chi connectivity index (χ0) is 19.6. The van der Waals surface area contributed by atoms with Gasteiger partial charge in [0.25, 0.3) is 5.69 Å². The highest BCUT2D eigenvalue weighted by atomic mass is 35.5. The van der Waals surface area contributed by atoms with E-state index in [2.05, 4.69) is 10.1 Å². The van der Waals surface area contributed by atoms with Crippen molar-refractivity contribution in [3.63, 3.8) is 0 Å². The van der Waals surface area contributed by atoms with E-state index < -0.39 is 14.9 Å². The number of non-ortho nitro benzene ring substituents is 1. The highest BCUT2D eigenvalue weighted by Gasteiger charge is 2.25. The first-order valence-electron chi connectivity index (χ1n) is 7.57. The van der Waals surface area contributed by atoms with Crippen LogP contribution in [0.25, 0.3) is 11.4 Å². The molecule has 0 spiro atoms. The maximum atomic E-state index is 12.6. The van der Waals surface area contributed by atoms with Gasteiger partial charge in [-0.05, 0) is 18.2 Å². The Morgan fingerprint density at radius 1 is 1.22 bits per heavy atom. The van der Waals surface area contributed by atoms with Crippen molar-refractivity contribution in [3.8, 4) is 11.4 Å². The second-order valence-corrected chi connectivity index (χ2v) is 8.02. The average molecular weight is 409 g/mol. The summed E-state index contributed by atoms with van der Waals surface area (Å²) in [6.07, 6.45) is 0. The second kappa shape index (κ2) is 7.43. The molecule has 0 N–H and O–H groups in total. The van der Waals surface area contributed by atoms with Crippen molar-refractivity contribution in [2.45, 2.75) is 11.4 Å². The molecule has 27 heavy (non-hydrogen) atoms.